The van der Waals surface area contributed by atoms with Crippen molar-refractivity contribution in [1.29, 1.82) is 0 Å². The molecule has 8 nitrogen and oxygen atoms in total. The van der Waals surface area contributed by atoms with Gasteiger partial charge < -0.3 is 15.0 Å². The van der Waals surface area contributed by atoms with E-state index in [1.54, 1.807) is 31.2 Å². The highest BCUT2D eigenvalue weighted by molar-refractivity contribution is 6.11. The largest absolute Gasteiger partial charge is 0.451 e. The Labute approximate surface area is 178 Å². The third kappa shape index (κ3) is 3.92. The van der Waals surface area contributed by atoms with Crippen LogP contribution in [0.1, 0.15) is 38.9 Å². The quantitative estimate of drug-likeness (QED) is 0.363. The van der Waals surface area contributed by atoms with Gasteiger partial charge in [-0.1, -0.05) is 30.3 Å². The zero-order chi connectivity index (χ0) is 22.1. The lowest BCUT2D eigenvalue weighted by atomic mass is 10.0. The summed E-state index contributed by atoms with van der Waals surface area (Å²) in [6.45, 7) is 3.47. The number of aromatic nitrogens is 1. The number of nitrogens with zero attached hydrogens (tertiary/aromatic N) is 1. The number of hydrogen-bond donors (Lipinski definition) is 2. The Hall–Kier alpha value is -3.94. The fourth-order valence-corrected chi connectivity index (χ4v) is 3.62. The van der Waals surface area contributed by atoms with Gasteiger partial charge in [0.2, 0.25) is 11.7 Å². The standard InChI is InChI=1S/C23H21N3O5/c1-13-20(17-5-3-4-6-18(17)25-13)21(28)14(2)31-22(29)16-9-7-15(8-10-16)12-26-19(27)11-24-23(26)30/h3-10,14,25H,11-12H2,1-2H3,(H,24,30)/t14-/m0/s1. The number of aromatic amines is 1. The monoisotopic (exact) mass is 419 g/mol. The predicted molar refractivity (Wildman–Crippen MR) is 113 cm³/mol. The van der Waals surface area contributed by atoms with Crippen molar-refractivity contribution < 1.29 is 23.9 Å². The van der Waals surface area contributed by atoms with Gasteiger partial charge in [0.05, 0.1) is 18.7 Å². The third-order valence-corrected chi connectivity index (χ3v) is 5.26. The number of urea groups is 1. The number of fused-ring (bicyclic) bond motifs is 1. The van der Waals surface area contributed by atoms with Crippen molar-refractivity contribution in [2.75, 3.05) is 6.54 Å². The third-order valence-electron chi connectivity index (χ3n) is 5.26. The van der Waals surface area contributed by atoms with Gasteiger partial charge in [-0.15, -0.1) is 0 Å². The summed E-state index contributed by atoms with van der Waals surface area (Å²) in [5.74, 6) is -1.20. The van der Waals surface area contributed by atoms with E-state index in [1.165, 1.54) is 0 Å². The molecule has 1 aliphatic rings. The van der Waals surface area contributed by atoms with Crippen molar-refractivity contribution in [3.63, 3.8) is 0 Å². The van der Waals surface area contributed by atoms with Gasteiger partial charge in [0, 0.05) is 22.2 Å². The molecule has 31 heavy (non-hydrogen) atoms. The molecule has 3 amide bonds. The fraction of sp³-hybridized carbons (Fsp3) is 0.217. The maximum atomic E-state index is 12.9. The van der Waals surface area contributed by atoms with Gasteiger partial charge in [0.15, 0.2) is 6.10 Å². The van der Waals surface area contributed by atoms with Crippen LogP contribution >= 0.6 is 0 Å². The molecular formula is C23H21N3O5. The normalized spacial score (nSPS) is 14.6. The number of rotatable bonds is 6. The summed E-state index contributed by atoms with van der Waals surface area (Å²) in [6, 6.07) is 13.4. The van der Waals surface area contributed by atoms with E-state index >= 15 is 0 Å². The molecule has 1 atom stereocenters. The Morgan fingerprint density at radius 1 is 1.10 bits per heavy atom. The molecule has 0 radical (unpaired) electrons. The van der Waals surface area contributed by atoms with Crippen LogP contribution in [0.15, 0.2) is 48.5 Å². The molecule has 0 spiro atoms. The summed E-state index contributed by atoms with van der Waals surface area (Å²) >= 11 is 0. The first-order valence-corrected chi connectivity index (χ1v) is 9.85. The molecule has 2 aromatic carbocycles. The van der Waals surface area contributed by atoms with Gasteiger partial charge in [-0.05, 0) is 37.6 Å². The number of ketones is 1. The Kier molecular flexibility index (Phi) is 5.29. The van der Waals surface area contributed by atoms with Gasteiger partial charge in [0.25, 0.3) is 0 Å². The zero-order valence-electron chi connectivity index (χ0n) is 17.1. The number of aryl methyl sites for hydroxylation is 1. The van der Waals surface area contributed by atoms with Crippen LogP contribution in [0.3, 0.4) is 0 Å². The summed E-state index contributed by atoms with van der Waals surface area (Å²) in [6.07, 6.45) is -0.962. The first kappa shape index (κ1) is 20.3. The molecule has 3 aromatic rings. The number of Topliss-reactive ketones (excluding diaryl/α,β-unsaturated/α-hetero) is 1. The van der Waals surface area contributed by atoms with E-state index in [-0.39, 0.29) is 30.3 Å². The van der Waals surface area contributed by atoms with Crippen LogP contribution in [-0.2, 0) is 16.1 Å². The number of carbonyl (C=O) groups excluding carboxylic acids is 4. The number of H-pyrrole nitrogens is 1. The van der Waals surface area contributed by atoms with E-state index in [4.69, 9.17) is 4.74 Å². The topological polar surface area (TPSA) is 109 Å². The molecule has 0 unspecified atom stereocenters. The van der Waals surface area contributed by atoms with E-state index in [0.717, 1.165) is 21.5 Å². The van der Waals surface area contributed by atoms with Gasteiger partial charge in [-0.2, -0.15) is 0 Å². The number of amides is 3. The molecule has 158 valence electrons. The number of imide groups is 1. The number of benzene rings is 2. The average molecular weight is 419 g/mol. The molecule has 1 saturated heterocycles. The average Bonchev–Trinajstić information content (AvgIpc) is 3.26. The highest BCUT2D eigenvalue weighted by Crippen LogP contribution is 2.24. The lowest BCUT2D eigenvalue weighted by Gasteiger charge is -2.14. The van der Waals surface area contributed by atoms with Crippen LogP contribution in [0.4, 0.5) is 4.79 Å². The minimum absolute atomic E-state index is 0.00887. The molecule has 1 fully saturated rings. The van der Waals surface area contributed by atoms with Crippen LogP contribution < -0.4 is 5.32 Å². The minimum atomic E-state index is -0.962. The maximum Gasteiger partial charge on any atom is 0.338 e. The Bertz CT molecular complexity index is 1180. The number of hydrogen-bond acceptors (Lipinski definition) is 5. The highest BCUT2D eigenvalue weighted by Gasteiger charge is 2.28. The van der Waals surface area contributed by atoms with Crippen molar-refractivity contribution in [2.24, 2.45) is 0 Å². The molecule has 8 heteroatoms. The predicted octanol–water partition coefficient (Wildman–Crippen LogP) is 2.96. The van der Waals surface area contributed by atoms with Crippen molar-refractivity contribution >= 4 is 34.6 Å². The van der Waals surface area contributed by atoms with Crippen LogP contribution in [0.2, 0.25) is 0 Å². The van der Waals surface area contributed by atoms with Crippen molar-refractivity contribution in [3.8, 4) is 0 Å². The molecule has 2 N–H and O–H groups in total. The second-order valence-corrected chi connectivity index (χ2v) is 7.42. The number of ether oxygens (including phenoxy) is 1. The summed E-state index contributed by atoms with van der Waals surface area (Å²) in [5.41, 5.74) is 3.05. The van der Waals surface area contributed by atoms with E-state index in [2.05, 4.69) is 10.3 Å². The van der Waals surface area contributed by atoms with Crippen LogP contribution in [-0.4, -0.2) is 46.2 Å². The smallest absolute Gasteiger partial charge is 0.338 e. The maximum absolute atomic E-state index is 12.9. The number of para-hydroxylation sites is 1. The minimum Gasteiger partial charge on any atom is -0.451 e. The fourth-order valence-electron chi connectivity index (χ4n) is 3.62. The van der Waals surface area contributed by atoms with Crippen LogP contribution in [0, 0.1) is 6.92 Å². The Morgan fingerprint density at radius 2 is 1.81 bits per heavy atom. The molecule has 0 aliphatic carbocycles. The molecule has 1 aromatic heterocycles. The summed E-state index contributed by atoms with van der Waals surface area (Å²) in [4.78, 5) is 53.1. The van der Waals surface area contributed by atoms with Crippen molar-refractivity contribution in [3.05, 3.63) is 70.9 Å². The first-order chi connectivity index (χ1) is 14.8. The summed E-state index contributed by atoms with van der Waals surface area (Å²) in [5, 5.41) is 3.25. The SMILES string of the molecule is Cc1[nH]c2ccccc2c1C(=O)[C@H](C)OC(=O)c1ccc(CN2C(=O)CNC2=O)cc1. The van der Waals surface area contributed by atoms with E-state index in [1.807, 2.05) is 31.2 Å². The lowest BCUT2D eigenvalue weighted by molar-refractivity contribution is -0.125. The molecule has 0 saturated carbocycles. The van der Waals surface area contributed by atoms with Gasteiger partial charge >= 0.3 is 12.0 Å². The molecule has 4 rings (SSSR count). The van der Waals surface area contributed by atoms with E-state index < -0.39 is 18.1 Å². The Morgan fingerprint density at radius 3 is 2.48 bits per heavy atom. The lowest BCUT2D eigenvalue weighted by Crippen LogP contribution is -2.30. The highest BCUT2D eigenvalue weighted by atomic mass is 16.5. The second-order valence-electron chi connectivity index (χ2n) is 7.42. The van der Waals surface area contributed by atoms with Gasteiger partial charge in [0.1, 0.15) is 0 Å². The second kappa shape index (κ2) is 8.06. The molecule has 1 aliphatic heterocycles. The molecule has 0 bridgehead atoms. The number of carbonyl (C=O) groups is 4. The molecule has 2 heterocycles. The van der Waals surface area contributed by atoms with E-state index in [9.17, 15) is 19.2 Å². The number of nitrogens with one attached hydrogen (secondary N) is 2. The van der Waals surface area contributed by atoms with Crippen molar-refractivity contribution in [1.82, 2.24) is 15.2 Å². The Balaban J connectivity index is 1.44. The van der Waals surface area contributed by atoms with Crippen LogP contribution in [0.5, 0.6) is 0 Å². The summed E-state index contributed by atoms with van der Waals surface area (Å²) < 4.78 is 5.40. The van der Waals surface area contributed by atoms with Gasteiger partial charge in [-0.3, -0.25) is 14.5 Å². The van der Waals surface area contributed by atoms with Gasteiger partial charge in [-0.25, -0.2) is 9.59 Å². The zero-order valence-corrected chi connectivity index (χ0v) is 17.1. The van der Waals surface area contributed by atoms with Crippen molar-refractivity contribution in [2.45, 2.75) is 26.5 Å². The number of esters is 1. The van der Waals surface area contributed by atoms with Crippen LogP contribution in [0.25, 0.3) is 10.9 Å². The summed E-state index contributed by atoms with van der Waals surface area (Å²) in [7, 11) is 0. The first-order valence-electron chi connectivity index (χ1n) is 9.85. The molecular weight excluding hydrogens is 398 g/mol. The van der Waals surface area contributed by atoms with E-state index in [0.29, 0.717) is 11.1 Å².